The molecule has 0 radical (unpaired) electrons. The molecule has 1 aromatic heterocycles. The molecule has 0 saturated heterocycles. The lowest BCUT2D eigenvalue weighted by Crippen LogP contribution is -2.44. The molecule has 0 bridgehead atoms. The number of amides is 1. The van der Waals surface area contributed by atoms with Crippen molar-refractivity contribution in [1.82, 2.24) is 9.99 Å². The number of carbonyl (C=O) groups excluding carboxylic acids is 1. The molecule has 1 aliphatic carbocycles. The van der Waals surface area contributed by atoms with E-state index in [2.05, 4.69) is 16.2 Å². The van der Waals surface area contributed by atoms with Gasteiger partial charge in [-0.1, -0.05) is 42.1 Å². The second kappa shape index (κ2) is 7.89. The Morgan fingerprint density at radius 2 is 2.00 bits per heavy atom. The van der Waals surface area contributed by atoms with E-state index >= 15 is 0 Å². The second-order valence-corrected chi connectivity index (χ2v) is 8.94. The summed E-state index contributed by atoms with van der Waals surface area (Å²) in [6.45, 7) is 0. The SMILES string of the molecule is O=C(Cc1cccnc1)N1N=C(c2cc(F)ccc2F)SC12CCCc1ccccc12. The number of halogens is 2. The summed E-state index contributed by atoms with van der Waals surface area (Å²) in [6, 6.07) is 14.9. The molecular formula is C24H19F2N3OS. The summed E-state index contributed by atoms with van der Waals surface area (Å²) >= 11 is 1.33. The van der Waals surface area contributed by atoms with E-state index in [1.54, 1.807) is 18.5 Å². The van der Waals surface area contributed by atoms with Crippen LogP contribution in [0.15, 0.2) is 72.1 Å². The van der Waals surface area contributed by atoms with Crippen LogP contribution in [0.3, 0.4) is 0 Å². The van der Waals surface area contributed by atoms with Crippen LogP contribution in [0.25, 0.3) is 0 Å². The van der Waals surface area contributed by atoms with E-state index in [-0.39, 0.29) is 17.9 Å². The van der Waals surface area contributed by atoms with Crippen molar-refractivity contribution in [2.75, 3.05) is 0 Å². The molecule has 1 spiro atoms. The number of pyridine rings is 1. The highest BCUT2D eigenvalue weighted by atomic mass is 32.2. The van der Waals surface area contributed by atoms with Crippen LogP contribution in [0.2, 0.25) is 0 Å². The molecule has 2 aromatic carbocycles. The predicted octanol–water partition coefficient (Wildman–Crippen LogP) is 5.03. The monoisotopic (exact) mass is 435 g/mol. The number of rotatable bonds is 3. The molecule has 31 heavy (non-hydrogen) atoms. The Morgan fingerprint density at radius 3 is 2.84 bits per heavy atom. The van der Waals surface area contributed by atoms with Gasteiger partial charge in [-0.25, -0.2) is 13.8 Å². The minimum Gasteiger partial charge on any atom is -0.273 e. The summed E-state index contributed by atoms with van der Waals surface area (Å²) in [5, 5.41) is 6.37. The van der Waals surface area contributed by atoms with Gasteiger partial charge in [0.25, 0.3) is 0 Å². The second-order valence-electron chi connectivity index (χ2n) is 7.67. The Kier molecular flexibility index (Phi) is 5.06. The fourth-order valence-electron chi connectivity index (χ4n) is 4.27. The number of hydrazone groups is 1. The highest BCUT2D eigenvalue weighted by Gasteiger charge is 2.50. The largest absolute Gasteiger partial charge is 0.273 e. The molecule has 0 fully saturated rings. The van der Waals surface area contributed by atoms with Crippen molar-refractivity contribution in [3.8, 4) is 0 Å². The molecule has 1 amide bonds. The molecule has 7 heteroatoms. The van der Waals surface area contributed by atoms with Gasteiger partial charge in [0.05, 0.1) is 6.42 Å². The third-order valence-electron chi connectivity index (χ3n) is 5.67. The van der Waals surface area contributed by atoms with E-state index in [1.807, 2.05) is 24.3 Å². The zero-order valence-electron chi connectivity index (χ0n) is 16.6. The van der Waals surface area contributed by atoms with E-state index in [4.69, 9.17) is 0 Å². The number of nitrogens with zero attached hydrogens (tertiary/aromatic N) is 3. The molecule has 1 aliphatic heterocycles. The lowest BCUT2D eigenvalue weighted by atomic mass is 9.86. The normalized spacial score (nSPS) is 19.9. The fourth-order valence-corrected chi connectivity index (χ4v) is 5.77. The number of benzene rings is 2. The average Bonchev–Trinajstić information content (AvgIpc) is 3.16. The highest BCUT2D eigenvalue weighted by Crippen LogP contribution is 2.53. The number of carbonyl (C=O) groups is 1. The third kappa shape index (κ3) is 3.53. The van der Waals surface area contributed by atoms with Gasteiger partial charge in [-0.3, -0.25) is 9.78 Å². The van der Waals surface area contributed by atoms with Gasteiger partial charge in [-0.2, -0.15) is 5.10 Å². The number of aryl methyl sites for hydroxylation is 1. The highest BCUT2D eigenvalue weighted by molar-refractivity contribution is 8.15. The molecule has 2 heterocycles. The number of hydrogen-bond acceptors (Lipinski definition) is 4. The Labute approximate surface area is 183 Å². The number of fused-ring (bicyclic) bond motifs is 2. The Morgan fingerprint density at radius 1 is 1.13 bits per heavy atom. The first-order valence-electron chi connectivity index (χ1n) is 10.1. The molecule has 3 aromatic rings. The summed E-state index contributed by atoms with van der Waals surface area (Å²) in [4.78, 5) is 16.7. The maximum Gasteiger partial charge on any atom is 0.248 e. The van der Waals surface area contributed by atoms with E-state index in [1.165, 1.54) is 16.8 Å². The molecular weight excluding hydrogens is 416 g/mol. The van der Waals surface area contributed by atoms with Crippen LogP contribution in [0.1, 0.15) is 35.1 Å². The summed E-state index contributed by atoms with van der Waals surface area (Å²) in [7, 11) is 0. The lowest BCUT2D eigenvalue weighted by Gasteiger charge is -2.40. The van der Waals surface area contributed by atoms with Crippen LogP contribution in [0.5, 0.6) is 0 Å². The molecule has 5 rings (SSSR count). The maximum atomic E-state index is 14.6. The summed E-state index contributed by atoms with van der Waals surface area (Å²) in [5.74, 6) is -1.31. The van der Waals surface area contributed by atoms with Gasteiger partial charge in [0.1, 0.15) is 21.5 Å². The standard InChI is InChI=1S/C24H19F2N3OS/c25-18-9-10-21(26)19(14-18)23-28-29(22(30)13-16-5-4-12-27-15-16)24(31-23)11-3-7-17-6-1-2-8-20(17)24/h1-2,4-6,8-10,12,14-15H,3,7,11,13H2. The zero-order chi connectivity index (χ0) is 21.4. The third-order valence-corrected chi connectivity index (χ3v) is 7.10. The quantitative estimate of drug-likeness (QED) is 0.580. The smallest absolute Gasteiger partial charge is 0.248 e. The first-order chi connectivity index (χ1) is 15.1. The maximum absolute atomic E-state index is 14.6. The van der Waals surface area contributed by atoms with E-state index in [0.29, 0.717) is 11.5 Å². The van der Waals surface area contributed by atoms with Crippen LogP contribution in [0.4, 0.5) is 8.78 Å². The lowest BCUT2D eigenvalue weighted by molar-refractivity contribution is -0.134. The predicted molar refractivity (Wildman–Crippen MR) is 116 cm³/mol. The van der Waals surface area contributed by atoms with E-state index in [0.717, 1.165) is 47.7 Å². The van der Waals surface area contributed by atoms with Crippen molar-refractivity contribution >= 4 is 22.7 Å². The topological polar surface area (TPSA) is 45.6 Å². The van der Waals surface area contributed by atoms with Gasteiger partial charge in [-0.05, 0) is 60.2 Å². The van der Waals surface area contributed by atoms with E-state index < -0.39 is 16.5 Å². The van der Waals surface area contributed by atoms with Crippen molar-refractivity contribution in [2.24, 2.45) is 5.10 Å². The van der Waals surface area contributed by atoms with Gasteiger partial charge in [-0.15, -0.1) is 0 Å². The van der Waals surface area contributed by atoms with Crippen LogP contribution < -0.4 is 0 Å². The fraction of sp³-hybridized carbons (Fsp3) is 0.208. The van der Waals surface area contributed by atoms with Crippen LogP contribution in [0, 0.1) is 11.6 Å². The molecule has 2 aliphatic rings. The van der Waals surface area contributed by atoms with Crippen molar-refractivity contribution in [2.45, 2.75) is 30.6 Å². The van der Waals surface area contributed by atoms with Crippen LogP contribution in [-0.2, 0) is 22.5 Å². The number of hydrogen-bond donors (Lipinski definition) is 0. The van der Waals surface area contributed by atoms with Crippen molar-refractivity contribution in [1.29, 1.82) is 0 Å². The summed E-state index contributed by atoms with van der Waals surface area (Å²) in [5.41, 5.74) is 3.00. The van der Waals surface area contributed by atoms with E-state index in [9.17, 15) is 13.6 Å². The van der Waals surface area contributed by atoms with Crippen LogP contribution in [-0.4, -0.2) is 20.9 Å². The van der Waals surface area contributed by atoms with Gasteiger partial charge in [0.15, 0.2) is 0 Å². The molecule has 1 atom stereocenters. The first kappa shape index (κ1) is 19.9. The number of aromatic nitrogens is 1. The first-order valence-corrected chi connectivity index (χ1v) is 10.9. The summed E-state index contributed by atoms with van der Waals surface area (Å²) in [6.07, 6.45) is 5.89. The van der Waals surface area contributed by atoms with Crippen LogP contribution >= 0.6 is 11.8 Å². The summed E-state index contributed by atoms with van der Waals surface area (Å²) < 4.78 is 28.5. The minimum absolute atomic E-state index is 0.0732. The van der Waals surface area contributed by atoms with Gasteiger partial charge in [0, 0.05) is 18.0 Å². The molecule has 0 saturated carbocycles. The van der Waals surface area contributed by atoms with Crippen molar-refractivity contribution in [3.63, 3.8) is 0 Å². The van der Waals surface area contributed by atoms with Crippen molar-refractivity contribution < 1.29 is 13.6 Å². The molecule has 0 N–H and O–H groups in total. The number of thioether (sulfide) groups is 1. The van der Waals surface area contributed by atoms with Gasteiger partial charge >= 0.3 is 0 Å². The average molecular weight is 435 g/mol. The zero-order valence-corrected chi connectivity index (χ0v) is 17.4. The van der Waals surface area contributed by atoms with Gasteiger partial charge < -0.3 is 0 Å². The molecule has 4 nitrogen and oxygen atoms in total. The Balaban J connectivity index is 1.61. The van der Waals surface area contributed by atoms with Crippen molar-refractivity contribution in [3.05, 3.63) is 101 Å². The Hall–Kier alpha value is -3.06. The molecule has 1 unspecified atom stereocenters. The molecule has 156 valence electrons. The van der Waals surface area contributed by atoms with Gasteiger partial charge in [0.2, 0.25) is 5.91 Å². The Bertz CT molecular complexity index is 1180. The minimum atomic E-state index is -0.776.